The molecule has 2 rings (SSSR count). The van der Waals surface area contributed by atoms with Gasteiger partial charge in [-0.15, -0.1) is 0 Å². The van der Waals surface area contributed by atoms with E-state index in [1.165, 1.54) is 4.90 Å². The van der Waals surface area contributed by atoms with Crippen LogP contribution in [-0.4, -0.2) is 48.2 Å². The highest BCUT2D eigenvalue weighted by Gasteiger charge is 2.26. The molecule has 1 N–H and O–H groups in total. The third-order valence-electron chi connectivity index (χ3n) is 2.92. The highest BCUT2D eigenvalue weighted by Crippen LogP contribution is 2.19. The van der Waals surface area contributed by atoms with Gasteiger partial charge in [0.25, 0.3) is 0 Å². The molecule has 2 heterocycles. The Hall–Kier alpha value is -1.07. The van der Waals surface area contributed by atoms with Crippen LogP contribution in [0.2, 0.25) is 0 Å². The number of carboxylic acid groups (broad SMARTS) is 1. The summed E-state index contributed by atoms with van der Waals surface area (Å²) >= 11 is 0. The SMILES string of the molecule is O=C(O)N1CCC[C@H]1/C=C/CC1OCCO1. The molecule has 2 aliphatic rings. The minimum absolute atomic E-state index is 0.0268. The molecule has 0 aromatic heterocycles. The second kappa shape index (κ2) is 5.32. The molecule has 16 heavy (non-hydrogen) atoms. The highest BCUT2D eigenvalue weighted by molar-refractivity contribution is 5.66. The molecule has 2 fully saturated rings. The third-order valence-corrected chi connectivity index (χ3v) is 2.92. The largest absolute Gasteiger partial charge is 0.465 e. The molecule has 0 spiro atoms. The molecular weight excluding hydrogens is 210 g/mol. The molecule has 0 radical (unpaired) electrons. The van der Waals surface area contributed by atoms with E-state index in [1.807, 2.05) is 12.2 Å². The summed E-state index contributed by atoms with van der Waals surface area (Å²) in [6.45, 7) is 1.95. The van der Waals surface area contributed by atoms with Crippen LogP contribution in [0.3, 0.4) is 0 Å². The van der Waals surface area contributed by atoms with E-state index >= 15 is 0 Å². The van der Waals surface area contributed by atoms with Gasteiger partial charge in [0.15, 0.2) is 6.29 Å². The maximum Gasteiger partial charge on any atom is 0.407 e. The molecule has 2 aliphatic heterocycles. The molecule has 0 aliphatic carbocycles. The lowest BCUT2D eigenvalue weighted by molar-refractivity contribution is -0.0381. The summed E-state index contributed by atoms with van der Waals surface area (Å²) in [5, 5.41) is 8.94. The molecule has 90 valence electrons. The van der Waals surface area contributed by atoms with Gasteiger partial charge in [0, 0.05) is 13.0 Å². The van der Waals surface area contributed by atoms with Gasteiger partial charge < -0.3 is 19.5 Å². The van der Waals surface area contributed by atoms with Crippen LogP contribution in [-0.2, 0) is 9.47 Å². The first-order valence-electron chi connectivity index (χ1n) is 5.67. The summed E-state index contributed by atoms with van der Waals surface area (Å²) in [6, 6.07) is 0.0268. The molecule has 0 aromatic carbocycles. The average Bonchev–Trinajstić information content (AvgIpc) is 2.87. The molecule has 0 saturated carbocycles. The Kier molecular flexibility index (Phi) is 3.79. The maximum absolute atomic E-state index is 10.9. The van der Waals surface area contributed by atoms with Gasteiger partial charge in [0.1, 0.15) is 0 Å². The molecule has 0 aromatic rings. The Balaban J connectivity index is 1.79. The van der Waals surface area contributed by atoms with E-state index in [0.29, 0.717) is 26.2 Å². The van der Waals surface area contributed by atoms with Crippen LogP contribution >= 0.6 is 0 Å². The van der Waals surface area contributed by atoms with E-state index in [4.69, 9.17) is 14.6 Å². The van der Waals surface area contributed by atoms with Crippen LogP contribution in [0.4, 0.5) is 4.79 Å². The number of amides is 1. The van der Waals surface area contributed by atoms with E-state index < -0.39 is 6.09 Å². The number of hydrogen-bond donors (Lipinski definition) is 1. The summed E-state index contributed by atoms with van der Waals surface area (Å²) in [6.07, 6.45) is 5.49. The fraction of sp³-hybridized carbons (Fsp3) is 0.727. The summed E-state index contributed by atoms with van der Waals surface area (Å²) < 4.78 is 10.6. The molecule has 1 amide bonds. The fourth-order valence-electron chi connectivity index (χ4n) is 2.12. The quantitative estimate of drug-likeness (QED) is 0.741. The first-order valence-corrected chi connectivity index (χ1v) is 5.67. The zero-order chi connectivity index (χ0) is 11.4. The zero-order valence-electron chi connectivity index (χ0n) is 9.17. The van der Waals surface area contributed by atoms with Gasteiger partial charge in [0.05, 0.1) is 19.3 Å². The second-order valence-corrected chi connectivity index (χ2v) is 4.02. The molecule has 5 nitrogen and oxygen atoms in total. The predicted molar refractivity (Wildman–Crippen MR) is 57.2 cm³/mol. The van der Waals surface area contributed by atoms with E-state index in [9.17, 15) is 4.79 Å². The lowest BCUT2D eigenvalue weighted by atomic mass is 10.2. The minimum atomic E-state index is -0.833. The molecule has 0 bridgehead atoms. The first-order chi connectivity index (χ1) is 7.77. The van der Waals surface area contributed by atoms with Crippen molar-refractivity contribution in [3.05, 3.63) is 12.2 Å². The predicted octanol–water partition coefficient (Wildman–Crippen LogP) is 1.45. The van der Waals surface area contributed by atoms with Gasteiger partial charge in [-0.05, 0) is 12.8 Å². The van der Waals surface area contributed by atoms with Crippen LogP contribution in [0, 0.1) is 0 Å². The Morgan fingerprint density at radius 2 is 2.19 bits per heavy atom. The number of nitrogens with zero attached hydrogens (tertiary/aromatic N) is 1. The van der Waals surface area contributed by atoms with Crippen molar-refractivity contribution in [3.8, 4) is 0 Å². The van der Waals surface area contributed by atoms with Crippen molar-refractivity contribution in [1.82, 2.24) is 4.90 Å². The summed E-state index contributed by atoms with van der Waals surface area (Å²) in [4.78, 5) is 12.4. The van der Waals surface area contributed by atoms with E-state index in [-0.39, 0.29) is 12.3 Å². The molecule has 5 heteroatoms. The van der Waals surface area contributed by atoms with Gasteiger partial charge >= 0.3 is 6.09 Å². The van der Waals surface area contributed by atoms with Gasteiger partial charge in [-0.3, -0.25) is 0 Å². The normalized spacial score (nSPS) is 27.0. The Morgan fingerprint density at radius 3 is 2.88 bits per heavy atom. The third kappa shape index (κ3) is 2.74. The van der Waals surface area contributed by atoms with E-state index in [0.717, 1.165) is 12.8 Å². The average molecular weight is 227 g/mol. The van der Waals surface area contributed by atoms with Crippen LogP contribution in [0.25, 0.3) is 0 Å². The maximum atomic E-state index is 10.9. The molecular formula is C11H17NO4. The second-order valence-electron chi connectivity index (χ2n) is 4.02. The van der Waals surface area contributed by atoms with Crippen molar-refractivity contribution < 1.29 is 19.4 Å². The van der Waals surface area contributed by atoms with Crippen molar-refractivity contribution in [1.29, 1.82) is 0 Å². The van der Waals surface area contributed by atoms with Gasteiger partial charge in [-0.2, -0.15) is 0 Å². The monoisotopic (exact) mass is 227 g/mol. The van der Waals surface area contributed by atoms with Crippen molar-refractivity contribution >= 4 is 6.09 Å². The van der Waals surface area contributed by atoms with Crippen LogP contribution in [0.5, 0.6) is 0 Å². The standard InChI is InChI=1S/C11H17NO4/c13-11(14)12-6-2-4-9(12)3-1-5-10-15-7-8-16-10/h1,3,9-10H,2,4-8H2,(H,13,14)/b3-1+/t9-/m1/s1. The summed E-state index contributed by atoms with van der Waals surface area (Å²) in [5.74, 6) is 0. The lowest BCUT2D eigenvalue weighted by Gasteiger charge is -2.18. The molecule has 1 atom stereocenters. The summed E-state index contributed by atoms with van der Waals surface area (Å²) in [7, 11) is 0. The molecule has 2 saturated heterocycles. The van der Waals surface area contributed by atoms with Crippen LogP contribution in [0.1, 0.15) is 19.3 Å². The van der Waals surface area contributed by atoms with Crippen molar-refractivity contribution in [2.45, 2.75) is 31.6 Å². The smallest absolute Gasteiger partial charge is 0.407 e. The van der Waals surface area contributed by atoms with Gasteiger partial charge in [-0.25, -0.2) is 4.79 Å². The first kappa shape index (κ1) is 11.4. The topological polar surface area (TPSA) is 59.0 Å². The number of ether oxygens (including phenoxy) is 2. The minimum Gasteiger partial charge on any atom is -0.465 e. The number of rotatable bonds is 3. The zero-order valence-corrected chi connectivity index (χ0v) is 9.17. The van der Waals surface area contributed by atoms with Crippen molar-refractivity contribution in [2.24, 2.45) is 0 Å². The van der Waals surface area contributed by atoms with E-state index in [2.05, 4.69) is 0 Å². The fourth-order valence-corrected chi connectivity index (χ4v) is 2.12. The Bertz CT molecular complexity index is 273. The van der Waals surface area contributed by atoms with Crippen LogP contribution < -0.4 is 0 Å². The summed E-state index contributed by atoms with van der Waals surface area (Å²) in [5.41, 5.74) is 0. The molecule has 0 unspecified atom stereocenters. The van der Waals surface area contributed by atoms with Gasteiger partial charge in [-0.1, -0.05) is 12.2 Å². The Labute approximate surface area is 94.6 Å². The van der Waals surface area contributed by atoms with E-state index in [1.54, 1.807) is 0 Å². The number of carbonyl (C=O) groups is 1. The van der Waals surface area contributed by atoms with Crippen molar-refractivity contribution in [2.75, 3.05) is 19.8 Å². The number of hydrogen-bond acceptors (Lipinski definition) is 3. The highest BCUT2D eigenvalue weighted by atomic mass is 16.7. The van der Waals surface area contributed by atoms with Crippen molar-refractivity contribution in [3.63, 3.8) is 0 Å². The van der Waals surface area contributed by atoms with Crippen LogP contribution in [0.15, 0.2) is 12.2 Å². The lowest BCUT2D eigenvalue weighted by Crippen LogP contribution is -2.32. The van der Waals surface area contributed by atoms with Gasteiger partial charge in [0.2, 0.25) is 0 Å². The number of likely N-dealkylation sites (tertiary alicyclic amines) is 1. The Morgan fingerprint density at radius 1 is 1.44 bits per heavy atom.